The fourth-order valence-corrected chi connectivity index (χ4v) is 6.09. The molecule has 5 heterocycles. The molecule has 0 spiro atoms. The van der Waals surface area contributed by atoms with Crippen molar-refractivity contribution in [1.29, 1.82) is 0 Å². The number of nitrogens with zero attached hydrogens (tertiary/aromatic N) is 9. The fraction of sp³-hybridized carbons (Fsp3) is 0.467. The number of halogens is 1. The second kappa shape index (κ2) is 11.6. The smallest absolute Gasteiger partial charge is 0.252 e. The number of ether oxygens (including phenoxy) is 1. The summed E-state index contributed by atoms with van der Waals surface area (Å²) >= 11 is 0. The van der Waals surface area contributed by atoms with Crippen LogP contribution in [-0.2, 0) is 9.53 Å². The Kier molecular flexibility index (Phi) is 7.47. The summed E-state index contributed by atoms with van der Waals surface area (Å²) in [6, 6.07) is 1.85. The standard InChI is InChI=1S/C30H35FN12O2/c1-17-11-24(41-40-17)37-27-22-13-35-43(21-5-4-6-21)28(22)39-26(38-27)19-7-9-30(45-3,10-8-19)29(44)36-18(2)23-14-33-25(15-32-23)42-16-20(31)12-34-42/h11-16,18-19,21H,4-10H2,1-3H3,(H,36,44)(H2,37,38,39,40,41)/t18-,19?,30?/m0/s1. The number of aromatic amines is 1. The van der Waals surface area contributed by atoms with Crippen LogP contribution < -0.4 is 10.6 Å². The van der Waals surface area contributed by atoms with Crippen LogP contribution in [0.3, 0.4) is 0 Å². The van der Waals surface area contributed by atoms with Gasteiger partial charge in [-0.05, 0) is 58.8 Å². The van der Waals surface area contributed by atoms with Crippen LogP contribution in [0.5, 0.6) is 0 Å². The highest BCUT2D eigenvalue weighted by molar-refractivity contribution is 5.88. The third-order valence-electron chi connectivity index (χ3n) is 9.04. The molecule has 1 amide bonds. The van der Waals surface area contributed by atoms with E-state index in [0.717, 1.165) is 41.6 Å². The Balaban J connectivity index is 1.07. The molecule has 234 valence electrons. The summed E-state index contributed by atoms with van der Waals surface area (Å²) in [7, 11) is 1.58. The number of hydrogen-bond acceptors (Lipinski definition) is 10. The Morgan fingerprint density at radius 3 is 2.56 bits per heavy atom. The topological polar surface area (TPSA) is 166 Å². The van der Waals surface area contributed by atoms with E-state index in [1.165, 1.54) is 23.5 Å². The van der Waals surface area contributed by atoms with E-state index in [-0.39, 0.29) is 11.8 Å². The van der Waals surface area contributed by atoms with Gasteiger partial charge in [-0.15, -0.1) is 0 Å². The molecule has 2 saturated carbocycles. The van der Waals surface area contributed by atoms with Crippen molar-refractivity contribution >= 4 is 28.6 Å². The molecular weight excluding hydrogens is 579 g/mol. The van der Waals surface area contributed by atoms with Crippen LogP contribution in [-0.4, -0.2) is 68.3 Å². The monoisotopic (exact) mass is 614 g/mol. The molecule has 5 aromatic rings. The molecule has 1 atom stereocenters. The van der Waals surface area contributed by atoms with E-state index >= 15 is 0 Å². The van der Waals surface area contributed by atoms with Crippen molar-refractivity contribution in [2.45, 2.75) is 82.4 Å². The van der Waals surface area contributed by atoms with Gasteiger partial charge in [0, 0.05) is 24.8 Å². The molecular formula is C30H35FN12O2. The van der Waals surface area contributed by atoms with E-state index in [1.54, 1.807) is 13.3 Å². The number of methoxy groups -OCH3 is 1. The number of anilines is 2. The van der Waals surface area contributed by atoms with Crippen LogP contribution in [0, 0.1) is 12.7 Å². The molecule has 15 heteroatoms. The van der Waals surface area contributed by atoms with Crippen molar-refractivity contribution in [2.75, 3.05) is 12.4 Å². The van der Waals surface area contributed by atoms with Gasteiger partial charge in [0.2, 0.25) is 0 Å². The van der Waals surface area contributed by atoms with Crippen molar-refractivity contribution < 1.29 is 13.9 Å². The van der Waals surface area contributed by atoms with Gasteiger partial charge in [0.05, 0.1) is 54.1 Å². The molecule has 2 fully saturated rings. The summed E-state index contributed by atoms with van der Waals surface area (Å²) in [4.78, 5) is 32.4. The van der Waals surface area contributed by atoms with Gasteiger partial charge in [0.25, 0.3) is 5.91 Å². The lowest BCUT2D eigenvalue weighted by molar-refractivity contribution is -0.148. The van der Waals surface area contributed by atoms with Crippen LogP contribution >= 0.6 is 0 Å². The average Bonchev–Trinajstić information content (AvgIpc) is 3.76. The van der Waals surface area contributed by atoms with Gasteiger partial charge in [-0.1, -0.05) is 0 Å². The maximum absolute atomic E-state index is 13.6. The van der Waals surface area contributed by atoms with E-state index in [1.807, 2.05) is 30.8 Å². The Morgan fingerprint density at radius 2 is 1.93 bits per heavy atom. The van der Waals surface area contributed by atoms with Gasteiger partial charge < -0.3 is 15.4 Å². The van der Waals surface area contributed by atoms with E-state index in [2.05, 4.69) is 41.0 Å². The summed E-state index contributed by atoms with van der Waals surface area (Å²) < 4.78 is 22.6. The third kappa shape index (κ3) is 5.52. The van der Waals surface area contributed by atoms with Crippen molar-refractivity contribution in [1.82, 2.24) is 55.0 Å². The summed E-state index contributed by atoms with van der Waals surface area (Å²) in [5.74, 6) is 1.83. The molecule has 45 heavy (non-hydrogen) atoms. The number of amides is 1. The van der Waals surface area contributed by atoms with E-state index in [0.29, 0.717) is 54.9 Å². The molecule has 7 rings (SSSR count). The largest absolute Gasteiger partial charge is 0.368 e. The van der Waals surface area contributed by atoms with E-state index in [4.69, 9.17) is 14.7 Å². The van der Waals surface area contributed by atoms with E-state index in [9.17, 15) is 9.18 Å². The molecule has 0 aliphatic heterocycles. The zero-order valence-corrected chi connectivity index (χ0v) is 25.4. The predicted molar refractivity (Wildman–Crippen MR) is 161 cm³/mol. The molecule has 0 unspecified atom stereocenters. The first kappa shape index (κ1) is 29.0. The van der Waals surface area contributed by atoms with Crippen LogP contribution in [0.4, 0.5) is 16.0 Å². The van der Waals surface area contributed by atoms with Gasteiger partial charge in [0.15, 0.2) is 23.1 Å². The zero-order chi connectivity index (χ0) is 31.1. The second-order valence-corrected chi connectivity index (χ2v) is 12.0. The minimum atomic E-state index is -0.990. The van der Waals surface area contributed by atoms with Crippen LogP contribution in [0.15, 0.2) is 37.1 Å². The lowest BCUT2D eigenvalue weighted by Crippen LogP contribution is -2.51. The summed E-state index contributed by atoms with van der Waals surface area (Å²) in [6.45, 7) is 3.79. The first-order valence-electron chi connectivity index (χ1n) is 15.2. The van der Waals surface area contributed by atoms with E-state index < -0.39 is 17.5 Å². The number of nitrogens with one attached hydrogen (secondary N) is 3. The Bertz CT molecular complexity index is 1820. The number of aromatic nitrogens is 10. The lowest BCUT2D eigenvalue weighted by Gasteiger charge is -2.38. The van der Waals surface area contributed by atoms with Crippen molar-refractivity contribution in [3.05, 3.63) is 60.1 Å². The number of rotatable bonds is 9. The molecule has 3 N–H and O–H groups in total. The molecule has 14 nitrogen and oxygen atoms in total. The first-order chi connectivity index (χ1) is 21.8. The normalized spacial score (nSPS) is 21.0. The second-order valence-electron chi connectivity index (χ2n) is 12.0. The highest BCUT2D eigenvalue weighted by Crippen LogP contribution is 2.41. The Hall–Kier alpha value is -4.79. The van der Waals surface area contributed by atoms with Gasteiger partial charge >= 0.3 is 0 Å². The molecule has 2 aliphatic rings. The third-order valence-corrected chi connectivity index (χ3v) is 9.04. The van der Waals surface area contributed by atoms with Crippen LogP contribution in [0.2, 0.25) is 0 Å². The number of fused-ring (bicyclic) bond motifs is 1. The maximum Gasteiger partial charge on any atom is 0.252 e. The minimum Gasteiger partial charge on any atom is -0.368 e. The molecule has 2 aliphatic carbocycles. The Labute approximate surface area is 258 Å². The summed E-state index contributed by atoms with van der Waals surface area (Å²) in [5, 5.41) is 23.2. The number of carbonyl (C=O) groups is 1. The summed E-state index contributed by atoms with van der Waals surface area (Å²) in [5.41, 5.74) is 1.34. The quantitative estimate of drug-likeness (QED) is 0.217. The van der Waals surface area contributed by atoms with Crippen molar-refractivity contribution in [3.63, 3.8) is 0 Å². The van der Waals surface area contributed by atoms with Gasteiger partial charge in [-0.2, -0.15) is 15.3 Å². The molecule has 5 aromatic heterocycles. The van der Waals surface area contributed by atoms with Crippen molar-refractivity contribution in [2.24, 2.45) is 0 Å². The SMILES string of the molecule is COC1(C(=O)N[C@@H](C)c2cnc(-n3cc(F)cn3)cn2)CCC(c2nc(Nc3cc(C)[nH]n3)c3cnn(C4CCC4)c3n2)CC1. The fourth-order valence-electron chi connectivity index (χ4n) is 6.09. The maximum atomic E-state index is 13.6. The number of H-pyrrole nitrogens is 1. The zero-order valence-electron chi connectivity index (χ0n) is 25.4. The number of carbonyl (C=O) groups excluding carboxylic acids is 1. The van der Waals surface area contributed by atoms with Crippen molar-refractivity contribution in [3.8, 4) is 5.82 Å². The molecule has 0 radical (unpaired) electrons. The number of aryl methyl sites for hydroxylation is 1. The Morgan fingerprint density at radius 1 is 1.11 bits per heavy atom. The molecule has 0 bridgehead atoms. The minimum absolute atomic E-state index is 0.0413. The van der Waals surface area contributed by atoms with Gasteiger partial charge in [-0.25, -0.2) is 28.7 Å². The van der Waals surface area contributed by atoms with Gasteiger partial charge in [-0.3, -0.25) is 14.9 Å². The molecule has 0 aromatic carbocycles. The van der Waals surface area contributed by atoms with Crippen LogP contribution in [0.1, 0.15) is 87.1 Å². The number of hydrogen-bond donors (Lipinski definition) is 3. The van der Waals surface area contributed by atoms with Gasteiger partial charge in [0.1, 0.15) is 17.2 Å². The highest BCUT2D eigenvalue weighted by Gasteiger charge is 2.43. The predicted octanol–water partition coefficient (Wildman–Crippen LogP) is 4.36. The average molecular weight is 615 g/mol. The lowest BCUT2D eigenvalue weighted by atomic mass is 9.77. The first-order valence-corrected chi connectivity index (χ1v) is 15.2. The highest BCUT2D eigenvalue weighted by atomic mass is 19.1. The van der Waals surface area contributed by atoms with Crippen LogP contribution in [0.25, 0.3) is 16.9 Å². The molecule has 0 saturated heterocycles. The summed E-state index contributed by atoms with van der Waals surface area (Å²) in [6.07, 6.45) is 12.9.